The molecular formula is C18H21N3O2S2. The molecule has 1 aromatic rings. The second kappa shape index (κ2) is 4.68. The molecule has 0 saturated carbocycles. The number of piperazine rings is 1. The van der Waals surface area contributed by atoms with Gasteiger partial charge in [0.05, 0.1) is 0 Å². The van der Waals surface area contributed by atoms with E-state index in [1.165, 1.54) is 5.56 Å². The molecule has 7 heteroatoms. The predicted octanol–water partition coefficient (Wildman–Crippen LogP) is 2.99. The number of benzene rings is 1. The summed E-state index contributed by atoms with van der Waals surface area (Å²) in [5.41, 5.74) is 2.17. The number of likely N-dealkylation sites (N-methyl/N-ethyl adjacent to an activating group) is 1. The lowest BCUT2D eigenvalue weighted by molar-refractivity contribution is -0.163. The van der Waals surface area contributed by atoms with Crippen LogP contribution in [-0.2, 0) is 15.0 Å². The molecule has 25 heavy (non-hydrogen) atoms. The highest BCUT2D eigenvalue weighted by Gasteiger charge is 2.76. The minimum atomic E-state index is -0.817. The number of carbonyl (C=O) groups is 2. The largest absolute Gasteiger partial charge is 0.364 e. The van der Waals surface area contributed by atoms with Gasteiger partial charge < -0.3 is 10.2 Å². The van der Waals surface area contributed by atoms with E-state index in [4.69, 9.17) is 0 Å². The topological polar surface area (TPSA) is 52.7 Å². The highest BCUT2D eigenvalue weighted by molar-refractivity contribution is 8.78. The standard InChI is InChI=1S/C18H21N3O2S2/c1-4-9-17-10-18-15(23)20(3)16(2,24-25-18)14(22)21(18)13(17)19-12-8-6-5-7-11(12)17/h5-8,13,19H,4,9-10H2,1-3H3/t13-,16+,17-,18+/m1/s1. The fraction of sp³-hybridized carbons (Fsp3) is 0.556. The third-order valence-electron chi connectivity index (χ3n) is 6.41. The summed E-state index contributed by atoms with van der Waals surface area (Å²) in [7, 11) is 4.91. The van der Waals surface area contributed by atoms with E-state index in [0.717, 1.165) is 18.5 Å². The lowest BCUT2D eigenvalue weighted by Gasteiger charge is -2.57. The third-order valence-corrected chi connectivity index (χ3v) is 10.1. The molecular weight excluding hydrogens is 354 g/mol. The first-order valence-electron chi connectivity index (χ1n) is 8.76. The van der Waals surface area contributed by atoms with E-state index >= 15 is 0 Å². The number of hydrogen-bond acceptors (Lipinski definition) is 5. The Morgan fingerprint density at radius 2 is 2.00 bits per heavy atom. The fourth-order valence-corrected chi connectivity index (χ4v) is 8.68. The molecule has 4 fully saturated rings. The highest BCUT2D eigenvalue weighted by atomic mass is 33.1. The van der Waals surface area contributed by atoms with Crippen LogP contribution in [0.15, 0.2) is 24.3 Å². The quantitative estimate of drug-likeness (QED) is 0.806. The van der Waals surface area contributed by atoms with Gasteiger partial charge >= 0.3 is 0 Å². The number of para-hydroxylation sites is 1. The van der Waals surface area contributed by atoms with Crippen molar-refractivity contribution in [2.24, 2.45) is 0 Å². The number of rotatable bonds is 2. The molecule has 2 amide bonds. The molecule has 5 aliphatic heterocycles. The van der Waals surface area contributed by atoms with Gasteiger partial charge in [0.2, 0.25) is 0 Å². The van der Waals surface area contributed by atoms with Crippen molar-refractivity contribution in [1.82, 2.24) is 9.80 Å². The van der Waals surface area contributed by atoms with E-state index in [9.17, 15) is 9.59 Å². The third kappa shape index (κ3) is 1.56. The molecule has 1 spiro atoms. The van der Waals surface area contributed by atoms with Crippen molar-refractivity contribution >= 4 is 39.1 Å². The average Bonchev–Trinajstić information content (AvgIpc) is 3.05. The van der Waals surface area contributed by atoms with Crippen LogP contribution in [0.4, 0.5) is 5.69 Å². The molecule has 0 radical (unpaired) electrons. The predicted molar refractivity (Wildman–Crippen MR) is 101 cm³/mol. The summed E-state index contributed by atoms with van der Waals surface area (Å²) < 4.78 is 0. The van der Waals surface area contributed by atoms with Gasteiger partial charge in [-0.25, -0.2) is 0 Å². The Balaban J connectivity index is 1.73. The molecule has 0 aliphatic carbocycles. The SMILES string of the molecule is CCC[C@]12C[C@@]34SS[C@@](C)(C(=O)N3[C@H]1Nc1ccccc12)N(C)C4=O. The molecule has 4 atom stereocenters. The Morgan fingerprint density at radius 1 is 1.24 bits per heavy atom. The molecule has 1 aromatic carbocycles. The molecule has 0 unspecified atom stereocenters. The lowest BCUT2D eigenvalue weighted by Crippen LogP contribution is -2.75. The minimum Gasteiger partial charge on any atom is -0.364 e. The highest BCUT2D eigenvalue weighted by Crippen LogP contribution is 2.69. The van der Waals surface area contributed by atoms with Crippen molar-refractivity contribution in [3.05, 3.63) is 29.8 Å². The summed E-state index contributed by atoms with van der Waals surface area (Å²) in [5, 5.41) is 3.60. The molecule has 1 N–H and O–H groups in total. The van der Waals surface area contributed by atoms with Crippen LogP contribution < -0.4 is 5.32 Å². The maximum absolute atomic E-state index is 13.4. The van der Waals surface area contributed by atoms with Gasteiger partial charge in [-0.1, -0.05) is 53.1 Å². The van der Waals surface area contributed by atoms with Crippen LogP contribution in [0.5, 0.6) is 0 Å². The monoisotopic (exact) mass is 375 g/mol. The number of anilines is 1. The van der Waals surface area contributed by atoms with E-state index in [1.807, 2.05) is 17.9 Å². The molecule has 0 aromatic heterocycles. The molecule has 5 heterocycles. The van der Waals surface area contributed by atoms with Gasteiger partial charge in [0.25, 0.3) is 11.8 Å². The molecule has 6 rings (SSSR count). The van der Waals surface area contributed by atoms with Crippen LogP contribution >= 0.6 is 21.6 Å². The lowest BCUT2D eigenvalue weighted by atomic mass is 9.74. The molecule has 5 nitrogen and oxygen atoms in total. The van der Waals surface area contributed by atoms with Crippen molar-refractivity contribution in [3.63, 3.8) is 0 Å². The minimum absolute atomic E-state index is 0.0571. The Bertz CT molecular complexity index is 817. The maximum atomic E-state index is 13.4. The zero-order valence-electron chi connectivity index (χ0n) is 14.5. The Labute approximate surface area is 155 Å². The summed E-state index contributed by atoms with van der Waals surface area (Å²) >= 11 is 0. The Hall–Kier alpha value is -1.34. The van der Waals surface area contributed by atoms with Crippen LogP contribution in [0.1, 0.15) is 38.7 Å². The van der Waals surface area contributed by atoms with E-state index in [2.05, 4.69) is 30.4 Å². The first-order valence-corrected chi connectivity index (χ1v) is 10.9. The second-order valence-corrected chi connectivity index (χ2v) is 10.5. The van der Waals surface area contributed by atoms with Crippen LogP contribution in [0.2, 0.25) is 0 Å². The average molecular weight is 376 g/mol. The van der Waals surface area contributed by atoms with Gasteiger partial charge in [-0.15, -0.1) is 0 Å². The maximum Gasteiger partial charge on any atom is 0.262 e. The zero-order valence-corrected chi connectivity index (χ0v) is 16.2. The van der Waals surface area contributed by atoms with Gasteiger partial charge in [0.15, 0.2) is 9.74 Å². The number of nitrogens with zero attached hydrogens (tertiary/aromatic N) is 2. The number of fused-ring (bicyclic) bond motifs is 5. The van der Waals surface area contributed by atoms with Gasteiger partial charge in [0, 0.05) is 24.6 Å². The van der Waals surface area contributed by atoms with E-state index in [0.29, 0.717) is 6.42 Å². The Morgan fingerprint density at radius 3 is 2.76 bits per heavy atom. The first kappa shape index (κ1) is 15.9. The number of amides is 2. The molecule has 2 bridgehead atoms. The van der Waals surface area contributed by atoms with E-state index < -0.39 is 9.74 Å². The van der Waals surface area contributed by atoms with E-state index in [-0.39, 0.29) is 23.4 Å². The van der Waals surface area contributed by atoms with Crippen molar-refractivity contribution in [3.8, 4) is 0 Å². The van der Waals surface area contributed by atoms with Crippen LogP contribution in [0.25, 0.3) is 0 Å². The van der Waals surface area contributed by atoms with Crippen LogP contribution in [0.3, 0.4) is 0 Å². The van der Waals surface area contributed by atoms with Gasteiger partial charge in [0.1, 0.15) is 6.17 Å². The summed E-state index contributed by atoms with van der Waals surface area (Å²) in [6.07, 6.45) is 2.53. The smallest absolute Gasteiger partial charge is 0.262 e. The Kier molecular flexibility index (Phi) is 2.97. The van der Waals surface area contributed by atoms with Crippen molar-refractivity contribution in [2.45, 2.75) is 54.4 Å². The molecule has 132 valence electrons. The summed E-state index contributed by atoms with van der Waals surface area (Å²) in [4.78, 5) is 28.7. The molecule has 4 saturated heterocycles. The number of carbonyl (C=O) groups excluding carboxylic acids is 2. The normalized spacial score (nSPS) is 40.8. The summed E-state index contributed by atoms with van der Waals surface area (Å²) in [6, 6.07) is 8.34. The van der Waals surface area contributed by atoms with E-state index in [1.54, 1.807) is 33.5 Å². The van der Waals surface area contributed by atoms with Crippen molar-refractivity contribution < 1.29 is 9.59 Å². The summed E-state index contributed by atoms with van der Waals surface area (Å²) in [5.74, 6) is 0.129. The van der Waals surface area contributed by atoms with Gasteiger partial charge in [-0.05, 0) is 25.0 Å². The number of hydrogen-bond donors (Lipinski definition) is 1. The van der Waals surface area contributed by atoms with Crippen LogP contribution in [0, 0.1) is 0 Å². The summed E-state index contributed by atoms with van der Waals surface area (Å²) in [6.45, 7) is 4.05. The van der Waals surface area contributed by atoms with Crippen molar-refractivity contribution in [1.29, 1.82) is 0 Å². The molecule has 5 aliphatic rings. The number of nitrogens with one attached hydrogen (secondary N) is 1. The van der Waals surface area contributed by atoms with Gasteiger partial charge in [-0.2, -0.15) is 0 Å². The first-order chi connectivity index (χ1) is 11.9. The van der Waals surface area contributed by atoms with Crippen molar-refractivity contribution in [2.75, 3.05) is 12.4 Å². The fourth-order valence-electron chi connectivity index (χ4n) is 5.14. The van der Waals surface area contributed by atoms with Crippen LogP contribution in [-0.4, -0.2) is 44.6 Å². The van der Waals surface area contributed by atoms with Gasteiger partial charge in [-0.3, -0.25) is 14.5 Å². The second-order valence-electron chi connectivity index (χ2n) is 7.65. The zero-order chi connectivity index (χ0) is 17.6.